The van der Waals surface area contributed by atoms with E-state index in [9.17, 15) is 9.18 Å². The van der Waals surface area contributed by atoms with Crippen LogP contribution >= 0.6 is 0 Å². The van der Waals surface area contributed by atoms with Crippen LogP contribution in [0.1, 0.15) is 16.1 Å². The summed E-state index contributed by atoms with van der Waals surface area (Å²) in [6.45, 7) is 1.80. The first-order valence-electron chi connectivity index (χ1n) is 7.56. The molecule has 0 saturated carbocycles. The number of pyridine rings is 1. The average molecular weight is 319 g/mol. The maximum absolute atomic E-state index is 13.4. The molecule has 1 amide bonds. The van der Waals surface area contributed by atoms with Crippen molar-refractivity contribution in [2.75, 3.05) is 5.32 Å². The molecule has 0 unspecified atom stereocenters. The summed E-state index contributed by atoms with van der Waals surface area (Å²) in [5.74, 6) is -0.600. The standard InChI is InChI=1S/C19H14FN3O/c1-11-14-10-13(20)7-8-15(14)22-17(11)19(24)23-16-6-2-4-12-5-3-9-21-18(12)16/h2-10,22H,1H3,(H,23,24). The Balaban J connectivity index is 1.75. The molecule has 118 valence electrons. The van der Waals surface area contributed by atoms with Gasteiger partial charge in [-0.1, -0.05) is 18.2 Å². The van der Waals surface area contributed by atoms with Crippen molar-refractivity contribution in [2.24, 2.45) is 0 Å². The van der Waals surface area contributed by atoms with Gasteiger partial charge in [-0.05, 0) is 42.8 Å². The van der Waals surface area contributed by atoms with E-state index >= 15 is 0 Å². The minimum atomic E-state index is -0.324. The van der Waals surface area contributed by atoms with E-state index in [4.69, 9.17) is 0 Å². The Morgan fingerprint density at radius 2 is 2.00 bits per heavy atom. The topological polar surface area (TPSA) is 57.8 Å². The molecule has 0 spiro atoms. The van der Waals surface area contributed by atoms with Crippen LogP contribution in [0.25, 0.3) is 21.8 Å². The van der Waals surface area contributed by atoms with Crippen LogP contribution in [0.15, 0.2) is 54.7 Å². The number of hydrogen-bond donors (Lipinski definition) is 2. The number of benzene rings is 2. The van der Waals surface area contributed by atoms with Crippen LogP contribution in [0.4, 0.5) is 10.1 Å². The van der Waals surface area contributed by atoms with Crippen LogP contribution < -0.4 is 5.32 Å². The van der Waals surface area contributed by atoms with Gasteiger partial charge in [0.15, 0.2) is 0 Å². The molecule has 24 heavy (non-hydrogen) atoms. The Morgan fingerprint density at radius 1 is 1.17 bits per heavy atom. The summed E-state index contributed by atoms with van der Waals surface area (Å²) >= 11 is 0. The quantitative estimate of drug-likeness (QED) is 0.575. The second-order valence-corrected chi connectivity index (χ2v) is 5.65. The Labute approximate surface area is 137 Å². The van der Waals surface area contributed by atoms with Gasteiger partial charge in [-0.15, -0.1) is 0 Å². The van der Waals surface area contributed by atoms with E-state index in [-0.39, 0.29) is 11.7 Å². The molecular formula is C19H14FN3O. The number of carbonyl (C=O) groups excluding carboxylic acids is 1. The molecule has 0 bridgehead atoms. The number of carbonyl (C=O) groups is 1. The van der Waals surface area contributed by atoms with Crippen molar-refractivity contribution < 1.29 is 9.18 Å². The van der Waals surface area contributed by atoms with Crippen molar-refractivity contribution >= 4 is 33.4 Å². The molecule has 0 aliphatic carbocycles. The highest BCUT2D eigenvalue weighted by molar-refractivity contribution is 6.10. The van der Waals surface area contributed by atoms with Crippen LogP contribution in [0.3, 0.4) is 0 Å². The van der Waals surface area contributed by atoms with Gasteiger partial charge >= 0.3 is 0 Å². The summed E-state index contributed by atoms with van der Waals surface area (Å²) in [7, 11) is 0. The Hall–Kier alpha value is -3.21. The van der Waals surface area contributed by atoms with Crippen molar-refractivity contribution in [1.82, 2.24) is 9.97 Å². The monoisotopic (exact) mass is 319 g/mol. The zero-order valence-electron chi connectivity index (χ0n) is 12.9. The lowest BCUT2D eigenvalue weighted by molar-refractivity contribution is 0.102. The van der Waals surface area contributed by atoms with Gasteiger partial charge in [0.25, 0.3) is 5.91 Å². The Morgan fingerprint density at radius 3 is 2.88 bits per heavy atom. The van der Waals surface area contributed by atoms with Gasteiger partial charge in [0.2, 0.25) is 0 Å². The highest BCUT2D eigenvalue weighted by atomic mass is 19.1. The number of fused-ring (bicyclic) bond motifs is 2. The number of aromatic nitrogens is 2. The maximum atomic E-state index is 13.4. The number of anilines is 1. The first-order valence-corrected chi connectivity index (χ1v) is 7.56. The van der Waals surface area contributed by atoms with Crippen LogP contribution in [-0.4, -0.2) is 15.9 Å². The zero-order chi connectivity index (χ0) is 16.7. The number of H-pyrrole nitrogens is 1. The SMILES string of the molecule is Cc1c(C(=O)Nc2cccc3cccnc23)[nH]c2ccc(F)cc12. The predicted octanol–water partition coefficient (Wildman–Crippen LogP) is 4.42. The summed E-state index contributed by atoms with van der Waals surface area (Å²) in [6, 6.07) is 13.8. The minimum Gasteiger partial charge on any atom is -0.350 e. The summed E-state index contributed by atoms with van der Waals surface area (Å²) < 4.78 is 13.4. The van der Waals surface area contributed by atoms with Crippen LogP contribution in [0, 0.1) is 12.7 Å². The number of nitrogens with one attached hydrogen (secondary N) is 2. The van der Waals surface area contributed by atoms with Crippen molar-refractivity contribution in [1.29, 1.82) is 0 Å². The van der Waals surface area contributed by atoms with Gasteiger partial charge in [-0.25, -0.2) is 4.39 Å². The lowest BCUT2D eigenvalue weighted by Gasteiger charge is -2.07. The normalized spacial score (nSPS) is 11.1. The molecule has 2 aromatic carbocycles. The number of rotatable bonds is 2. The highest BCUT2D eigenvalue weighted by Gasteiger charge is 2.16. The highest BCUT2D eigenvalue weighted by Crippen LogP contribution is 2.25. The molecule has 0 saturated heterocycles. The number of nitrogens with zero attached hydrogens (tertiary/aromatic N) is 1. The van der Waals surface area contributed by atoms with Gasteiger partial charge in [0, 0.05) is 22.5 Å². The molecule has 0 aliphatic heterocycles. The first-order chi connectivity index (χ1) is 11.6. The fraction of sp³-hybridized carbons (Fsp3) is 0.0526. The zero-order valence-corrected chi connectivity index (χ0v) is 12.9. The van der Waals surface area contributed by atoms with E-state index < -0.39 is 0 Å². The summed E-state index contributed by atoms with van der Waals surface area (Å²) in [5.41, 5.74) is 3.24. The molecule has 4 aromatic rings. The van der Waals surface area contributed by atoms with Crippen molar-refractivity contribution in [3.05, 3.63) is 71.8 Å². The number of hydrogen-bond acceptors (Lipinski definition) is 2. The minimum absolute atomic E-state index is 0.276. The lowest BCUT2D eigenvalue weighted by atomic mass is 10.1. The van der Waals surface area contributed by atoms with Crippen LogP contribution in [0.5, 0.6) is 0 Å². The van der Waals surface area contributed by atoms with Crippen molar-refractivity contribution in [3.8, 4) is 0 Å². The third-order valence-corrected chi connectivity index (χ3v) is 4.13. The summed E-state index contributed by atoms with van der Waals surface area (Å²) in [6.07, 6.45) is 1.69. The van der Waals surface area contributed by atoms with E-state index in [1.165, 1.54) is 12.1 Å². The smallest absolute Gasteiger partial charge is 0.272 e. The van der Waals surface area contributed by atoms with E-state index in [0.717, 1.165) is 22.0 Å². The van der Waals surface area contributed by atoms with Crippen molar-refractivity contribution in [3.63, 3.8) is 0 Å². The van der Waals surface area contributed by atoms with E-state index in [1.54, 1.807) is 19.2 Å². The summed E-state index contributed by atoms with van der Waals surface area (Å²) in [4.78, 5) is 20.1. The van der Waals surface area contributed by atoms with Crippen LogP contribution in [0.2, 0.25) is 0 Å². The fourth-order valence-electron chi connectivity index (χ4n) is 2.92. The van der Waals surface area contributed by atoms with E-state index in [1.807, 2.05) is 30.3 Å². The average Bonchev–Trinajstić information content (AvgIpc) is 2.92. The molecule has 5 heteroatoms. The predicted molar refractivity (Wildman–Crippen MR) is 92.7 cm³/mol. The van der Waals surface area contributed by atoms with Gasteiger partial charge in [0.05, 0.1) is 11.2 Å². The third kappa shape index (κ3) is 2.31. The molecule has 2 heterocycles. The molecule has 2 N–H and O–H groups in total. The molecule has 0 aliphatic rings. The van der Waals surface area contributed by atoms with Gasteiger partial charge in [-0.3, -0.25) is 9.78 Å². The third-order valence-electron chi connectivity index (χ3n) is 4.13. The second-order valence-electron chi connectivity index (χ2n) is 5.65. The molecule has 4 nitrogen and oxygen atoms in total. The maximum Gasteiger partial charge on any atom is 0.272 e. The molecule has 0 radical (unpaired) electrons. The second kappa shape index (κ2) is 5.45. The van der Waals surface area contributed by atoms with E-state index in [0.29, 0.717) is 16.8 Å². The van der Waals surface area contributed by atoms with Gasteiger partial charge in [-0.2, -0.15) is 0 Å². The molecule has 2 aromatic heterocycles. The van der Waals surface area contributed by atoms with Gasteiger partial charge < -0.3 is 10.3 Å². The number of aromatic amines is 1. The Kier molecular flexibility index (Phi) is 3.27. The molecule has 4 rings (SSSR count). The number of amides is 1. The van der Waals surface area contributed by atoms with E-state index in [2.05, 4.69) is 15.3 Å². The summed E-state index contributed by atoms with van der Waals surface area (Å²) in [5, 5.41) is 4.55. The Bertz CT molecular complexity index is 1080. The largest absolute Gasteiger partial charge is 0.350 e. The lowest BCUT2D eigenvalue weighted by Crippen LogP contribution is -2.14. The fourth-order valence-corrected chi connectivity index (χ4v) is 2.92. The van der Waals surface area contributed by atoms with Crippen LogP contribution in [-0.2, 0) is 0 Å². The number of para-hydroxylation sites is 1. The molecule has 0 atom stereocenters. The molecule has 0 fully saturated rings. The van der Waals surface area contributed by atoms with Gasteiger partial charge in [0.1, 0.15) is 11.5 Å². The molecular weight excluding hydrogens is 305 g/mol. The number of halogens is 1. The first kappa shape index (κ1) is 14.4. The van der Waals surface area contributed by atoms with Crippen molar-refractivity contribution in [2.45, 2.75) is 6.92 Å². The number of aryl methyl sites for hydroxylation is 1.